The fourth-order valence-electron chi connectivity index (χ4n) is 7.71. The van der Waals surface area contributed by atoms with Crippen molar-refractivity contribution in [2.75, 3.05) is 25.1 Å². The van der Waals surface area contributed by atoms with E-state index >= 15 is 0 Å². The van der Waals surface area contributed by atoms with E-state index in [1.54, 1.807) is 49.5 Å². The summed E-state index contributed by atoms with van der Waals surface area (Å²) >= 11 is 0. The molecule has 53 heavy (non-hydrogen) atoms. The fourth-order valence-corrected chi connectivity index (χ4v) is 19.0. The third-order valence-electron chi connectivity index (χ3n) is 10.6. The summed E-state index contributed by atoms with van der Waals surface area (Å²) in [5.41, 5.74) is -0.781. The maximum Gasteiger partial charge on any atom is 0.351 e. The van der Waals surface area contributed by atoms with Crippen LogP contribution in [0.15, 0.2) is 71.7 Å². The Morgan fingerprint density at radius 2 is 1.53 bits per heavy atom. The van der Waals surface area contributed by atoms with Gasteiger partial charge in [0.15, 0.2) is 18.9 Å². The number of nitrogens with one attached hydrogen (secondary N) is 1. The maximum atomic E-state index is 13.9. The zero-order valence-electron chi connectivity index (χ0n) is 32.0. The molecule has 3 fully saturated rings. The highest BCUT2D eigenvalue weighted by Crippen LogP contribution is 2.53. The average molecular weight is 765 g/mol. The second kappa shape index (κ2) is 15.2. The Labute approximate surface area is 313 Å². The van der Waals surface area contributed by atoms with Crippen LogP contribution in [0.1, 0.15) is 77.5 Å². The first kappa shape index (κ1) is 39.0. The molecule has 2 aromatic carbocycles. The van der Waals surface area contributed by atoms with Gasteiger partial charge >= 0.3 is 22.8 Å². The summed E-state index contributed by atoms with van der Waals surface area (Å²) in [7, 11) is -6.18. The lowest BCUT2D eigenvalue weighted by Gasteiger charge is -2.55. The predicted molar refractivity (Wildman–Crippen MR) is 203 cm³/mol. The molecule has 2 bridgehead atoms. The number of benzene rings is 2. The number of aromatic nitrogens is 2. The molecule has 3 aliphatic rings. The lowest BCUT2D eigenvalue weighted by Crippen LogP contribution is -2.72. The zero-order chi connectivity index (χ0) is 38.3. The largest absolute Gasteiger partial charge is 0.484 e. The summed E-state index contributed by atoms with van der Waals surface area (Å²) in [4.78, 5) is 51.5. The number of hydrogen-bond donors (Lipinski definition) is 1. The highest BCUT2D eigenvalue weighted by Gasteiger charge is 2.69. The van der Waals surface area contributed by atoms with Crippen LogP contribution in [0.2, 0.25) is 22.2 Å². The Morgan fingerprint density at radius 1 is 0.925 bits per heavy atom. The standard InChI is InChI=1S/C38H52N4O9Si2/c1-24(2)52(25(3)4)47-23-38-22-42(31(43)21-46-30-18-14-11-15-19-30)49-32(33(38)50-53(51-52,26(5)6)27(7)8)36(48-38)41-20-28(9)34(40-37(41)45)39-35(44)29-16-12-10-13-17-29/h10-20,24-27,32-33,36H,21-23H2,1-9H3,(H,39,40,44,45)/t32-,33?,36+,38+/m0/s1. The van der Waals surface area contributed by atoms with E-state index in [9.17, 15) is 14.4 Å². The van der Waals surface area contributed by atoms with Gasteiger partial charge in [0.1, 0.15) is 23.3 Å². The van der Waals surface area contributed by atoms with Crippen molar-refractivity contribution in [3.8, 4) is 5.75 Å². The Hall–Kier alpha value is -3.71. The summed E-state index contributed by atoms with van der Waals surface area (Å²) in [5, 5.41) is 4.02. The Kier molecular flexibility index (Phi) is 11.2. The van der Waals surface area contributed by atoms with Gasteiger partial charge in [-0.05, 0) is 53.4 Å². The minimum atomic E-state index is -3.16. The molecule has 1 aromatic heterocycles. The van der Waals surface area contributed by atoms with Gasteiger partial charge in [-0.3, -0.25) is 19.0 Å². The van der Waals surface area contributed by atoms with Gasteiger partial charge in [0.25, 0.3) is 11.8 Å². The second-order valence-corrected chi connectivity index (χ2v) is 24.3. The molecule has 0 radical (unpaired) electrons. The van der Waals surface area contributed by atoms with Crippen LogP contribution in [0.3, 0.4) is 0 Å². The van der Waals surface area contributed by atoms with Crippen molar-refractivity contribution in [2.45, 2.75) is 109 Å². The highest BCUT2D eigenvalue weighted by molar-refractivity contribution is 6.84. The van der Waals surface area contributed by atoms with Crippen molar-refractivity contribution in [1.82, 2.24) is 14.6 Å². The van der Waals surface area contributed by atoms with Gasteiger partial charge in [-0.1, -0.05) is 91.8 Å². The third-order valence-corrected chi connectivity index (χ3v) is 20.8. The minimum Gasteiger partial charge on any atom is -0.484 e. The second-order valence-electron chi connectivity index (χ2n) is 15.4. The van der Waals surface area contributed by atoms with E-state index < -0.39 is 58.7 Å². The Bertz CT molecular complexity index is 1830. The minimum absolute atomic E-state index is 0.0153. The normalized spacial score (nSPS) is 24.9. The Balaban J connectivity index is 1.42. The molecule has 286 valence electrons. The van der Waals surface area contributed by atoms with Gasteiger partial charge in [-0.2, -0.15) is 4.98 Å². The van der Waals surface area contributed by atoms with Gasteiger partial charge in [-0.25, -0.2) is 9.86 Å². The third kappa shape index (κ3) is 7.27. The molecule has 2 amide bonds. The van der Waals surface area contributed by atoms with Crippen LogP contribution in [0.5, 0.6) is 5.75 Å². The first-order valence-corrected chi connectivity index (χ1v) is 22.4. The number of carbonyl (C=O) groups excluding carboxylic acids is 2. The summed E-state index contributed by atoms with van der Waals surface area (Å²) in [5.74, 6) is -0.143. The van der Waals surface area contributed by atoms with Gasteiger partial charge < -0.3 is 27.8 Å². The average Bonchev–Trinajstić information content (AvgIpc) is 3.27. The molecular formula is C38H52N4O9Si2. The lowest BCUT2D eigenvalue weighted by molar-refractivity contribution is -0.260. The molecule has 3 aliphatic heterocycles. The quantitative estimate of drug-likeness (QED) is 0.236. The molecule has 1 N–H and O–H groups in total. The number of amides is 2. The van der Waals surface area contributed by atoms with Crippen molar-refractivity contribution in [1.29, 1.82) is 0 Å². The summed E-state index contributed by atoms with van der Waals surface area (Å²) < 4.78 is 36.1. The molecule has 15 heteroatoms. The van der Waals surface area contributed by atoms with E-state index in [0.29, 0.717) is 16.9 Å². The monoisotopic (exact) mass is 764 g/mol. The number of hydroxylamine groups is 2. The van der Waals surface area contributed by atoms with Crippen molar-refractivity contribution >= 4 is 34.8 Å². The molecular weight excluding hydrogens is 713 g/mol. The first-order valence-electron chi connectivity index (χ1n) is 18.4. The van der Waals surface area contributed by atoms with Crippen molar-refractivity contribution < 1.29 is 36.9 Å². The number of para-hydroxylation sites is 1. The topological polar surface area (TPSA) is 140 Å². The van der Waals surface area contributed by atoms with E-state index in [1.807, 2.05) is 24.3 Å². The molecule has 0 aliphatic carbocycles. The van der Waals surface area contributed by atoms with Crippen molar-refractivity contribution in [3.05, 3.63) is 88.5 Å². The predicted octanol–water partition coefficient (Wildman–Crippen LogP) is 6.25. The van der Waals surface area contributed by atoms with Crippen LogP contribution >= 0.6 is 0 Å². The summed E-state index contributed by atoms with van der Waals surface area (Å²) in [6, 6.07) is 17.8. The van der Waals surface area contributed by atoms with E-state index in [0.717, 1.165) is 0 Å². The molecule has 13 nitrogen and oxygen atoms in total. The number of hydrogen-bond acceptors (Lipinski definition) is 10. The van der Waals surface area contributed by atoms with E-state index in [2.05, 4.69) is 65.7 Å². The zero-order valence-corrected chi connectivity index (χ0v) is 34.0. The molecule has 4 heterocycles. The van der Waals surface area contributed by atoms with Crippen LogP contribution in [-0.2, 0) is 27.3 Å². The van der Waals surface area contributed by atoms with Crippen molar-refractivity contribution in [3.63, 3.8) is 0 Å². The van der Waals surface area contributed by atoms with Gasteiger partial charge in [0.05, 0.1) is 13.2 Å². The molecule has 6 rings (SSSR count). The van der Waals surface area contributed by atoms with Crippen LogP contribution in [0.4, 0.5) is 5.82 Å². The fraction of sp³-hybridized carbons (Fsp3) is 0.526. The van der Waals surface area contributed by atoms with Gasteiger partial charge in [0.2, 0.25) is 0 Å². The number of aryl methyl sites for hydroxylation is 1. The van der Waals surface area contributed by atoms with Crippen molar-refractivity contribution in [2.24, 2.45) is 0 Å². The summed E-state index contributed by atoms with van der Waals surface area (Å²) in [6.45, 7) is 18.5. The molecule has 0 saturated carbocycles. The molecule has 3 saturated heterocycles. The van der Waals surface area contributed by atoms with Crippen LogP contribution < -0.4 is 15.7 Å². The molecule has 3 aromatic rings. The number of anilines is 1. The molecule has 1 unspecified atom stereocenters. The summed E-state index contributed by atoms with van der Waals surface area (Å²) in [6.07, 6.45) is -1.21. The Morgan fingerprint density at radius 3 is 2.13 bits per heavy atom. The van der Waals surface area contributed by atoms with E-state index in [-0.39, 0.29) is 47.7 Å². The highest BCUT2D eigenvalue weighted by atomic mass is 28.5. The van der Waals surface area contributed by atoms with Crippen LogP contribution in [0.25, 0.3) is 0 Å². The van der Waals surface area contributed by atoms with E-state index in [4.69, 9.17) is 27.3 Å². The lowest BCUT2D eigenvalue weighted by atomic mass is 9.94. The van der Waals surface area contributed by atoms with Crippen LogP contribution in [0, 0.1) is 6.92 Å². The van der Waals surface area contributed by atoms with Gasteiger partial charge in [-0.15, -0.1) is 0 Å². The SMILES string of the molecule is Cc1cn([C@@H]2O[C@]34CO[Si](C(C)C)(C(C)C)O[Si](C(C)C)(C(C)C)OC3[C@@H]2ON(C(=O)COc2ccccc2)C4)c(=O)nc1NC(=O)c1ccccc1. The number of nitrogens with zero attached hydrogens (tertiary/aromatic N) is 3. The maximum absolute atomic E-state index is 13.9. The number of carbonyl (C=O) groups is 2. The van der Waals surface area contributed by atoms with Gasteiger partial charge in [0, 0.05) is 17.3 Å². The molecule has 0 spiro atoms. The van der Waals surface area contributed by atoms with Crippen LogP contribution in [-0.4, -0.2) is 81.1 Å². The number of rotatable bonds is 10. The van der Waals surface area contributed by atoms with E-state index in [1.165, 1.54) is 9.63 Å². The first-order chi connectivity index (χ1) is 25.1. The molecule has 4 atom stereocenters. The smallest absolute Gasteiger partial charge is 0.351 e. The number of ether oxygens (including phenoxy) is 2.